The van der Waals surface area contributed by atoms with E-state index in [4.69, 9.17) is 14.7 Å². The van der Waals surface area contributed by atoms with Crippen LogP contribution in [0.1, 0.15) is 24.5 Å². The Balaban J connectivity index is 1.62. The van der Waals surface area contributed by atoms with Crippen molar-refractivity contribution < 1.29 is 19.1 Å². The summed E-state index contributed by atoms with van der Waals surface area (Å²) in [5.41, 5.74) is 1.45. The lowest BCUT2D eigenvalue weighted by molar-refractivity contribution is -0.140. The highest BCUT2D eigenvalue weighted by Crippen LogP contribution is 2.52. The Labute approximate surface area is 175 Å². The van der Waals surface area contributed by atoms with E-state index in [9.17, 15) is 9.59 Å². The molecule has 1 heterocycles. The number of nitriles is 1. The second-order valence-electron chi connectivity index (χ2n) is 7.61. The minimum absolute atomic E-state index is 0.104. The number of carbonyl (C=O) groups excluding carboxylic acids is 2. The molecule has 7 nitrogen and oxygen atoms in total. The summed E-state index contributed by atoms with van der Waals surface area (Å²) in [5.74, 6) is 0.275. The first kappa shape index (κ1) is 19.9. The van der Waals surface area contributed by atoms with E-state index in [2.05, 4.69) is 23.8 Å². The molecule has 2 bridgehead atoms. The molecule has 0 spiro atoms. The molecule has 7 heteroatoms. The Bertz CT molecular complexity index is 961. The maximum Gasteiger partial charge on any atom is 0.254 e. The van der Waals surface area contributed by atoms with Gasteiger partial charge in [-0.05, 0) is 49.3 Å². The molecule has 4 atom stereocenters. The Morgan fingerprint density at radius 3 is 2.53 bits per heavy atom. The Morgan fingerprint density at radius 1 is 1.23 bits per heavy atom. The Kier molecular flexibility index (Phi) is 5.40. The zero-order chi connectivity index (χ0) is 21.3. The highest BCUT2D eigenvalue weighted by molar-refractivity contribution is 6.06. The summed E-state index contributed by atoms with van der Waals surface area (Å²) in [4.78, 5) is 25.6. The van der Waals surface area contributed by atoms with Gasteiger partial charge in [0.25, 0.3) is 11.8 Å². The number of hydrogen-bond acceptors (Lipinski definition) is 6. The third kappa shape index (κ3) is 3.28. The lowest BCUT2D eigenvalue weighted by atomic mass is 9.85. The van der Waals surface area contributed by atoms with Crippen LogP contribution in [0, 0.1) is 35.0 Å². The molecule has 1 aliphatic heterocycles. The summed E-state index contributed by atoms with van der Waals surface area (Å²) in [6.07, 6.45) is 8.72. The quantitative estimate of drug-likeness (QED) is 0.377. The van der Waals surface area contributed by atoms with Crippen molar-refractivity contribution in [2.24, 2.45) is 28.8 Å². The van der Waals surface area contributed by atoms with Gasteiger partial charge in [-0.3, -0.25) is 9.59 Å². The number of carbonyl (C=O) groups is 2. The molecule has 1 saturated heterocycles. The number of amides is 2. The van der Waals surface area contributed by atoms with E-state index >= 15 is 0 Å². The summed E-state index contributed by atoms with van der Waals surface area (Å²) in [6.45, 7) is 5.93. The van der Waals surface area contributed by atoms with Crippen LogP contribution in [0.4, 0.5) is 0 Å². The van der Waals surface area contributed by atoms with Crippen LogP contribution in [0.2, 0.25) is 0 Å². The fourth-order valence-corrected chi connectivity index (χ4v) is 4.72. The molecule has 2 amide bonds. The lowest BCUT2D eigenvalue weighted by Gasteiger charge is -2.15. The SMILES string of the molecule is C=CCc1cc(C=NN2C(=O)C3C4C=CC(C4)C3C2=O)cc(OCC)c1OCC#N. The lowest BCUT2D eigenvalue weighted by Crippen LogP contribution is -2.28. The van der Waals surface area contributed by atoms with Gasteiger partial charge in [-0.2, -0.15) is 15.4 Å². The fraction of sp³-hybridized carbons (Fsp3) is 0.391. The van der Waals surface area contributed by atoms with Gasteiger partial charge in [0.05, 0.1) is 24.7 Å². The summed E-state index contributed by atoms with van der Waals surface area (Å²) in [5, 5.41) is 14.1. The van der Waals surface area contributed by atoms with E-state index in [1.165, 1.54) is 6.21 Å². The number of rotatable bonds is 8. The van der Waals surface area contributed by atoms with Gasteiger partial charge in [0.15, 0.2) is 18.1 Å². The van der Waals surface area contributed by atoms with Gasteiger partial charge >= 0.3 is 0 Å². The minimum Gasteiger partial charge on any atom is -0.490 e. The van der Waals surface area contributed by atoms with E-state index < -0.39 is 0 Å². The zero-order valence-electron chi connectivity index (χ0n) is 16.8. The topological polar surface area (TPSA) is 92.0 Å². The molecule has 1 aromatic rings. The van der Waals surface area contributed by atoms with Gasteiger partial charge in [0.2, 0.25) is 0 Å². The second kappa shape index (κ2) is 8.15. The number of hydrogen-bond donors (Lipinski definition) is 0. The molecule has 2 fully saturated rings. The third-order valence-corrected chi connectivity index (χ3v) is 5.87. The number of nitrogens with zero attached hydrogens (tertiary/aromatic N) is 3. The van der Waals surface area contributed by atoms with Gasteiger partial charge in [0, 0.05) is 5.56 Å². The van der Waals surface area contributed by atoms with E-state index in [0.29, 0.717) is 30.1 Å². The van der Waals surface area contributed by atoms with E-state index in [1.54, 1.807) is 12.1 Å². The maximum absolute atomic E-state index is 12.8. The van der Waals surface area contributed by atoms with E-state index in [1.807, 2.05) is 19.1 Å². The first-order chi connectivity index (χ1) is 14.6. The average Bonchev–Trinajstić information content (AvgIpc) is 3.41. The van der Waals surface area contributed by atoms with Crippen molar-refractivity contribution in [1.82, 2.24) is 5.01 Å². The van der Waals surface area contributed by atoms with Crippen molar-refractivity contribution in [1.29, 1.82) is 5.26 Å². The molecular formula is C23H23N3O4. The number of imide groups is 1. The number of fused-ring (bicyclic) bond motifs is 5. The van der Waals surface area contributed by atoms with Crippen molar-refractivity contribution >= 4 is 18.0 Å². The highest BCUT2D eigenvalue weighted by atomic mass is 16.5. The van der Waals surface area contributed by atoms with E-state index in [-0.39, 0.29) is 42.1 Å². The monoisotopic (exact) mass is 405 g/mol. The van der Waals surface area contributed by atoms with Crippen molar-refractivity contribution in [3.8, 4) is 17.6 Å². The Hall–Kier alpha value is -3.40. The van der Waals surface area contributed by atoms with Gasteiger partial charge < -0.3 is 9.47 Å². The zero-order valence-corrected chi connectivity index (χ0v) is 16.8. The average molecular weight is 405 g/mol. The summed E-state index contributed by atoms with van der Waals surface area (Å²) in [6, 6.07) is 5.51. The number of ether oxygens (including phenoxy) is 2. The molecular weight excluding hydrogens is 382 g/mol. The normalized spacial score (nSPS) is 26.3. The molecule has 30 heavy (non-hydrogen) atoms. The molecule has 1 saturated carbocycles. The molecule has 4 rings (SSSR count). The van der Waals surface area contributed by atoms with Crippen molar-refractivity contribution in [2.45, 2.75) is 19.8 Å². The fourth-order valence-electron chi connectivity index (χ4n) is 4.72. The smallest absolute Gasteiger partial charge is 0.254 e. The summed E-state index contributed by atoms with van der Waals surface area (Å²) >= 11 is 0. The van der Waals surface area contributed by atoms with Crippen molar-refractivity contribution in [3.63, 3.8) is 0 Å². The van der Waals surface area contributed by atoms with Crippen LogP contribution >= 0.6 is 0 Å². The van der Waals surface area contributed by atoms with Gasteiger partial charge in [-0.1, -0.05) is 18.2 Å². The largest absolute Gasteiger partial charge is 0.490 e. The van der Waals surface area contributed by atoms with Crippen LogP contribution in [0.3, 0.4) is 0 Å². The van der Waals surface area contributed by atoms with Crippen LogP contribution in [0.15, 0.2) is 42.0 Å². The van der Waals surface area contributed by atoms with Crippen LogP contribution in [-0.4, -0.2) is 36.3 Å². The number of hydrazone groups is 1. The molecule has 3 aliphatic rings. The van der Waals surface area contributed by atoms with Crippen LogP contribution in [0.5, 0.6) is 11.5 Å². The third-order valence-electron chi connectivity index (χ3n) is 5.87. The van der Waals surface area contributed by atoms with Crippen molar-refractivity contribution in [2.75, 3.05) is 13.2 Å². The number of benzene rings is 1. The first-order valence-electron chi connectivity index (χ1n) is 10.1. The van der Waals surface area contributed by atoms with Crippen LogP contribution in [0.25, 0.3) is 0 Å². The summed E-state index contributed by atoms with van der Waals surface area (Å²) < 4.78 is 11.3. The molecule has 1 aromatic carbocycles. The first-order valence-corrected chi connectivity index (χ1v) is 10.1. The van der Waals surface area contributed by atoms with Gasteiger partial charge in [-0.25, -0.2) is 0 Å². The molecule has 0 N–H and O–H groups in total. The maximum atomic E-state index is 12.8. The van der Waals surface area contributed by atoms with Crippen LogP contribution < -0.4 is 9.47 Å². The molecule has 0 radical (unpaired) electrons. The van der Waals surface area contributed by atoms with Crippen molar-refractivity contribution in [3.05, 3.63) is 48.1 Å². The standard InChI is InChI=1S/C23H23N3O4/c1-3-5-17-10-14(11-18(29-4-2)21(17)30-9-8-24)13-25-26-22(27)19-15-6-7-16(12-15)20(19)23(26)28/h3,6-7,10-11,13,15-16,19-20H,1,4-5,9,12H2,2H3. The molecule has 0 aromatic heterocycles. The second-order valence-corrected chi connectivity index (χ2v) is 7.61. The molecule has 2 aliphatic carbocycles. The summed E-state index contributed by atoms with van der Waals surface area (Å²) in [7, 11) is 0. The minimum atomic E-state index is -0.276. The van der Waals surface area contributed by atoms with E-state index in [0.717, 1.165) is 17.0 Å². The number of allylic oxidation sites excluding steroid dienone is 3. The van der Waals surface area contributed by atoms with Gasteiger partial charge in [-0.15, -0.1) is 6.58 Å². The Morgan fingerprint density at radius 2 is 1.93 bits per heavy atom. The van der Waals surface area contributed by atoms with Gasteiger partial charge in [0.1, 0.15) is 6.07 Å². The van der Waals surface area contributed by atoms with Crippen LogP contribution in [-0.2, 0) is 16.0 Å². The predicted molar refractivity (Wildman–Crippen MR) is 110 cm³/mol. The molecule has 4 unspecified atom stereocenters. The predicted octanol–water partition coefficient (Wildman–Crippen LogP) is 2.86. The molecule has 154 valence electrons. The highest BCUT2D eigenvalue weighted by Gasteiger charge is 2.59.